The van der Waals surface area contributed by atoms with Gasteiger partial charge in [0.05, 0.1) is 13.1 Å². The molecule has 1 aliphatic heterocycles. The Labute approximate surface area is 213 Å². The van der Waals surface area contributed by atoms with Gasteiger partial charge in [-0.05, 0) is 60.1 Å². The number of likely N-dealkylation sites (N-methyl/N-ethyl adjacent to an activating group) is 1. The average molecular weight is 515 g/mol. The first kappa shape index (κ1) is 26.5. The van der Waals surface area contributed by atoms with Gasteiger partial charge in [0.25, 0.3) is 5.91 Å². The predicted octanol–water partition coefficient (Wildman–Crippen LogP) is 4.96. The van der Waals surface area contributed by atoms with Crippen LogP contribution in [0.3, 0.4) is 0 Å². The van der Waals surface area contributed by atoms with Gasteiger partial charge in [-0.1, -0.05) is 36.4 Å². The molecule has 0 spiro atoms. The third-order valence-corrected chi connectivity index (χ3v) is 6.12. The summed E-state index contributed by atoms with van der Waals surface area (Å²) >= 11 is 0. The second-order valence-electron chi connectivity index (χ2n) is 9.00. The Hall–Kier alpha value is -3.60. The van der Waals surface area contributed by atoms with Gasteiger partial charge in [-0.15, -0.1) is 13.2 Å². The molecule has 7 nitrogen and oxygen atoms in total. The molecule has 1 heterocycles. The molecule has 1 amide bonds. The fourth-order valence-electron chi connectivity index (χ4n) is 4.00. The number of nitrogens with one attached hydrogen (secondary N) is 1. The number of alkyl halides is 3. The first-order chi connectivity index (χ1) is 17.6. The fraction of sp³-hybridized carbons (Fsp3) is 0.296. The molecule has 0 aromatic heterocycles. The van der Waals surface area contributed by atoms with E-state index >= 15 is 0 Å². The summed E-state index contributed by atoms with van der Waals surface area (Å²) < 4.78 is 40.9. The number of carbonyl (C=O) groups is 1. The van der Waals surface area contributed by atoms with Crippen molar-refractivity contribution in [2.24, 2.45) is 0 Å². The minimum absolute atomic E-state index is 0.106. The molecule has 4 rings (SSSR count). The molecule has 3 aromatic rings. The summed E-state index contributed by atoms with van der Waals surface area (Å²) in [7, 11) is 2.05. The van der Waals surface area contributed by atoms with Crippen LogP contribution < -0.4 is 10.1 Å². The molecule has 0 saturated carbocycles. The van der Waals surface area contributed by atoms with Gasteiger partial charge in [0.15, 0.2) is 0 Å². The van der Waals surface area contributed by atoms with Gasteiger partial charge in [-0.25, -0.2) is 5.06 Å². The Morgan fingerprint density at radius 1 is 0.892 bits per heavy atom. The van der Waals surface area contributed by atoms with Crippen LogP contribution in [0.2, 0.25) is 0 Å². The maximum Gasteiger partial charge on any atom is 0.573 e. The summed E-state index contributed by atoms with van der Waals surface area (Å²) in [5, 5.41) is 14.3. The number of piperazine rings is 1. The van der Waals surface area contributed by atoms with E-state index in [1.54, 1.807) is 12.1 Å². The van der Waals surface area contributed by atoms with Crippen LogP contribution in [-0.4, -0.2) is 72.1 Å². The molecule has 1 fully saturated rings. The summed E-state index contributed by atoms with van der Waals surface area (Å²) in [5.41, 5.74) is 4.08. The summed E-state index contributed by atoms with van der Waals surface area (Å²) in [6.07, 6.45) is -4.72. The highest BCUT2D eigenvalue weighted by molar-refractivity contribution is 5.77. The molecular weight excluding hydrogens is 485 g/mol. The lowest BCUT2D eigenvalue weighted by Gasteiger charge is -2.32. The SMILES string of the molecule is CN1CCN(CC(=O)N(O)Cc2ccc(Nc3ccc(-c4ccc(OC(F)(F)F)cc4)cc3)cc2)CC1. The summed E-state index contributed by atoms with van der Waals surface area (Å²) in [6, 6.07) is 20.6. The first-order valence-corrected chi connectivity index (χ1v) is 11.9. The number of halogens is 3. The van der Waals surface area contributed by atoms with E-state index in [0.717, 1.165) is 59.3 Å². The Kier molecular flexibility index (Phi) is 8.32. The first-order valence-electron chi connectivity index (χ1n) is 11.9. The minimum Gasteiger partial charge on any atom is -0.406 e. The highest BCUT2D eigenvalue weighted by Crippen LogP contribution is 2.28. The third-order valence-electron chi connectivity index (χ3n) is 6.12. The van der Waals surface area contributed by atoms with Crippen molar-refractivity contribution in [1.29, 1.82) is 0 Å². The predicted molar refractivity (Wildman–Crippen MR) is 135 cm³/mol. The van der Waals surface area contributed by atoms with Gasteiger partial charge in [-0.2, -0.15) is 0 Å². The van der Waals surface area contributed by atoms with E-state index in [1.807, 2.05) is 60.5 Å². The topological polar surface area (TPSA) is 68.3 Å². The number of ether oxygens (including phenoxy) is 1. The Morgan fingerprint density at radius 3 is 1.95 bits per heavy atom. The molecule has 37 heavy (non-hydrogen) atoms. The van der Waals surface area contributed by atoms with Crippen molar-refractivity contribution in [2.45, 2.75) is 12.9 Å². The van der Waals surface area contributed by atoms with Gasteiger partial charge in [0, 0.05) is 37.6 Å². The molecule has 1 saturated heterocycles. The molecule has 196 valence electrons. The fourth-order valence-corrected chi connectivity index (χ4v) is 4.00. The number of carbonyl (C=O) groups excluding carboxylic acids is 1. The maximum atomic E-state index is 12.4. The molecule has 0 bridgehead atoms. The lowest BCUT2D eigenvalue weighted by molar-refractivity contribution is -0.274. The van der Waals surface area contributed by atoms with Gasteiger partial charge >= 0.3 is 6.36 Å². The van der Waals surface area contributed by atoms with Crippen LogP contribution >= 0.6 is 0 Å². The van der Waals surface area contributed by atoms with Crippen molar-refractivity contribution in [2.75, 3.05) is 45.1 Å². The molecule has 0 radical (unpaired) electrons. The zero-order valence-corrected chi connectivity index (χ0v) is 20.4. The van der Waals surface area contributed by atoms with Gasteiger partial charge in [-0.3, -0.25) is 14.9 Å². The van der Waals surface area contributed by atoms with Crippen molar-refractivity contribution >= 4 is 17.3 Å². The van der Waals surface area contributed by atoms with E-state index in [2.05, 4.69) is 15.0 Å². The molecule has 2 N–H and O–H groups in total. The molecule has 10 heteroatoms. The number of hydrogen-bond acceptors (Lipinski definition) is 6. The number of nitrogens with zero attached hydrogens (tertiary/aromatic N) is 3. The molecule has 1 aliphatic rings. The van der Waals surface area contributed by atoms with Crippen LogP contribution in [0.5, 0.6) is 5.75 Å². The molecule has 0 aliphatic carbocycles. The molecular formula is C27H29F3N4O3. The van der Waals surface area contributed by atoms with Crippen molar-refractivity contribution in [3.05, 3.63) is 78.4 Å². The third kappa shape index (κ3) is 7.94. The Morgan fingerprint density at radius 2 is 1.41 bits per heavy atom. The van der Waals surface area contributed by atoms with E-state index in [4.69, 9.17) is 0 Å². The van der Waals surface area contributed by atoms with E-state index in [0.29, 0.717) is 0 Å². The lowest BCUT2D eigenvalue weighted by Crippen LogP contribution is -2.48. The molecule has 0 atom stereocenters. The number of hydroxylamine groups is 2. The summed E-state index contributed by atoms with van der Waals surface area (Å²) in [6.45, 7) is 3.73. The van der Waals surface area contributed by atoms with Crippen LogP contribution in [0.15, 0.2) is 72.8 Å². The quantitative estimate of drug-likeness (QED) is 0.327. The van der Waals surface area contributed by atoms with Crippen LogP contribution in [0.25, 0.3) is 11.1 Å². The standard InChI is InChI=1S/C27H29F3N4O3/c1-32-14-16-33(17-15-32)19-26(35)34(36)18-20-2-8-23(9-3-20)31-24-10-4-21(5-11-24)22-6-12-25(13-7-22)37-27(28,29)30/h2-13,31,36H,14-19H2,1H3. The number of anilines is 2. The average Bonchev–Trinajstić information content (AvgIpc) is 2.86. The van der Waals surface area contributed by atoms with Gasteiger partial charge in [0.2, 0.25) is 0 Å². The van der Waals surface area contributed by atoms with Gasteiger partial charge in [0.1, 0.15) is 5.75 Å². The second-order valence-corrected chi connectivity index (χ2v) is 9.00. The van der Waals surface area contributed by atoms with E-state index in [-0.39, 0.29) is 24.7 Å². The summed E-state index contributed by atoms with van der Waals surface area (Å²) in [4.78, 5) is 16.6. The number of benzene rings is 3. The number of hydrogen-bond donors (Lipinski definition) is 2. The van der Waals surface area contributed by atoms with Crippen LogP contribution in [0.1, 0.15) is 5.56 Å². The molecule has 0 unspecified atom stereocenters. The zero-order chi connectivity index (χ0) is 26.4. The van der Waals surface area contributed by atoms with Crippen molar-refractivity contribution in [3.8, 4) is 16.9 Å². The second kappa shape index (κ2) is 11.6. The zero-order valence-electron chi connectivity index (χ0n) is 20.4. The van der Waals surface area contributed by atoms with Crippen molar-refractivity contribution < 1.29 is 27.9 Å². The highest BCUT2D eigenvalue weighted by Gasteiger charge is 2.31. The number of amides is 1. The van der Waals surface area contributed by atoms with E-state index in [9.17, 15) is 23.2 Å². The van der Waals surface area contributed by atoms with Crippen LogP contribution in [0, 0.1) is 0 Å². The summed E-state index contributed by atoms with van der Waals surface area (Å²) in [5.74, 6) is -0.587. The monoisotopic (exact) mass is 514 g/mol. The Balaban J connectivity index is 1.28. The van der Waals surface area contributed by atoms with E-state index in [1.165, 1.54) is 12.1 Å². The lowest BCUT2D eigenvalue weighted by atomic mass is 10.1. The largest absolute Gasteiger partial charge is 0.573 e. The highest BCUT2D eigenvalue weighted by atomic mass is 19.4. The van der Waals surface area contributed by atoms with Crippen LogP contribution in [-0.2, 0) is 11.3 Å². The maximum absolute atomic E-state index is 12.4. The Bertz CT molecular complexity index is 1160. The van der Waals surface area contributed by atoms with E-state index < -0.39 is 6.36 Å². The van der Waals surface area contributed by atoms with Crippen molar-refractivity contribution in [1.82, 2.24) is 14.9 Å². The van der Waals surface area contributed by atoms with Crippen molar-refractivity contribution in [3.63, 3.8) is 0 Å². The van der Waals surface area contributed by atoms with Crippen LogP contribution in [0.4, 0.5) is 24.5 Å². The molecule has 3 aromatic carbocycles. The normalized spacial score (nSPS) is 14.8. The minimum atomic E-state index is -4.72. The van der Waals surface area contributed by atoms with Gasteiger partial charge < -0.3 is 15.0 Å². The smallest absolute Gasteiger partial charge is 0.406 e. The number of rotatable bonds is 8.